The van der Waals surface area contributed by atoms with Crippen LogP contribution in [0, 0.1) is 0 Å². The lowest BCUT2D eigenvalue weighted by Crippen LogP contribution is -2.41. The van der Waals surface area contributed by atoms with Gasteiger partial charge in [0, 0.05) is 50.9 Å². The zero-order valence-corrected chi connectivity index (χ0v) is 29.5. The first kappa shape index (κ1) is 28.3. The standard InChI is InChI=1S/C36H14Br4N2O4/c37-23-3-1-4-24(38)31(23)41-33(43)19-11-7-15-17-9-13-21-30-22(36(46)42(35(21)45)32-25(39)5-2-6-26(32)40)14-10-18(28(17)30)16-8-12-20(34(41)44)29(19)27(15)16/h1-14H. The molecule has 46 heavy (non-hydrogen) atoms. The molecule has 0 bridgehead atoms. The summed E-state index contributed by atoms with van der Waals surface area (Å²) in [5.41, 5.74) is 2.58. The molecule has 0 saturated heterocycles. The zero-order chi connectivity index (χ0) is 31.8. The molecular weight excluding hydrogens is 844 g/mol. The number of amides is 4. The predicted octanol–water partition coefficient (Wildman–Crippen LogP) is 10.4. The summed E-state index contributed by atoms with van der Waals surface area (Å²) < 4.78 is 2.45. The molecule has 0 radical (unpaired) electrons. The van der Waals surface area contributed by atoms with Crippen molar-refractivity contribution in [3.63, 3.8) is 0 Å². The molecule has 2 aliphatic heterocycles. The molecule has 2 aliphatic rings. The van der Waals surface area contributed by atoms with Crippen molar-refractivity contribution in [2.24, 2.45) is 0 Å². The van der Waals surface area contributed by atoms with Crippen molar-refractivity contribution in [2.75, 3.05) is 9.80 Å². The molecule has 7 aromatic carbocycles. The molecule has 0 spiro atoms. The summed E-state index contributed by atoms with van der Waals surface area (Å²) in [6.45, 7) is 0. The maximum atomic E-state index is 14.1. The first-order valence-electron chi connectivity index (χ1n) is 14.0. The van der Waals surface area contributed by atoms with E-state index >= 15 is 0 Å². The SMILES string of the molecule is O=C1c2ccc3c4ccc5c6c(ccc(c7ccc(c2c37)C(=O)N1c1c(Br)cccc1Br)c64)C(=O)N(c1c(Br)cccc1Br)C5=O. The van der Waals surface area contributed by atoms with Gasteiger partial charge in [-0.2, -0.15) is 0 Å². The smallest absolute Gasteiger partial charge is 0.266 e. The van der Waals surface area contributed by atoms with Crippen LogP contribution in [-0.2, 0) is 0 Å². The van der Waals surface area contributed by atoms with Crippen molar-refractivity contribution in [2.45, 2.75) is 0 Å². The summed E-state index contributed by atoms with van der Waals surface area (Å²) in [7, 11) is 0. The first-order valence-corrected chi connectivity index (χ1v) is 17.2. The van der Waals surface area contributed by atoms with E-state index in [-0.39, 0.29) is 0 Å². The summed E-state index contributed by atoms with van der Waals surface area (Å²) in [5.74, 6) is -1.67. The summed E-state index contributed by atoms with van der Waals surface area (Å²) >= 11 is 14.1. The Morgan fingerprint density at radius 1 is 0.348 bits per heavy atom. The van der Waals surface area contributed by atoms with Gasteiger partial charge in [-0.25, -0.2) is 9.80 Å². The number of imide groups is 2. The Morgan fingerprint density at radius 2 is 0.609 bits per heavy atom. The highest BCUT2D eigenvalue weighted by molar-refractivity contribution is 9.11. The molecule has 0 atom stereocenters. The van der Waals surface area contributed by atoms with E-state index in [2.05, 4.69) is 63.7 Å². The molecule has 0 saturated carbocycles. The molecule has 9 rings (SSSR count). The van der Waals surface area contributed by atoms with E-state index in [4.69, 9.17) is 0 Å². The minimum absolute atomic E-state index is 0.417. The van der Waals surface area contributed by atoms with Crippen molar-refractivity contribution in [3.05, 3.63) is 125 Å². The number of anilines is 2. The highest BCUT2D eigenvalue weighted by Crippen LogP contribution is 2.48. The summed E-state index contributed by atoms with van der Waals surface area (Å²) in [6, 6.07) is 25.5. The van der Waals surface area contributed by atoms with E-state index in [9.17, 15) is 19.2 Å². The molecule has 2 heterocycles. The number of para-hydroxylation sites is 2. The Bertz CT molecular complexity index is 2290. The van der Waals surface area contributed by atoms with Crippen LogP contribution in [-0.4, -0.2) is 23.6 Å². The number of fused-ring (bicyclic) bond motifs is 2. The Balaban J connectivity index is 1.32. The third-order valence-electron chi connectivity index (χ3n) is 8.96. The van der Waals surface area contributed by atoms with Gasteiger partial charge < -0.3 is 0 Å². The number of hydrogen-bond acceptors (Lipinski definition) is 4. The van der Waals surface area contributed by atoms with Crippen LogP contribution in [0.1, 0.15) is 41.4 Å². The molecule has 4 amide bonds. The lowest BCUT2D eigenvalue weighted by atomic mass is 9.82. The second kappa shape index (κ2) is 9.78. The van der Waals surface area contributed by atoms with Crippen molar-refractivity contribution < 1.29 is 19.2 Å². The van der Waals surface area contributed by atoms with Gasteiger partial charge in [0.15, 0.2) is 0 Å². The molecule has 0 N–H and O–H groups in total. The quantitative estimate of drug-likeness (QED) is 0.0986. The van der Waals surface area contributed by atoms with E-state index < -0.39 is 23.6 Å². The molecule has 10 heteroatoms. The number of carbonyl (C=O) groups excluding carboxylic acids is 4. The zero-order valence-electron chi connectivity index (χ0n) is 23.1. The van der Waals surface area contributed by atoms with Crippen molar-refractivity contribution in [1.82, 2.24) is 0 Å². The Hall–Kier alpha value is -3.96. The molecule has 0 unspecified atom stereocenters. The fraction of sp³-hybridized carbons (Fsp3) is 0. The predicted molar refractivity (Wildman–Crippen MR) is 194 cm³/mol. The van der Waals surface area contributed by atoms with Crippen LogP contribution in [0.3, 0.4) is 0 Å². The monoisotopic (exact) mass is 854 g/mol. The van der Waals surface area contributed by atoms with Gasteiger partial charge in [0.25, 0.3) is 23.6 Å². The first-order chi connectivity index (χ1) is 22.2. The van der Waals surface area contributed by atoms with E-state index in [1.54, 1.807) is 48.5 Å². The molecule has 0 fully saturated rings. The summed E-state index contributed by atoms with van der Waals surface area (Å²) in [4.78, 5) is 58.7. The van der Waals surface area contributed by atoms with Crippen LogP contribution in [0.2, 0.25) is 0 Å². The van der Waals surface area contributed by atoms with Gasteiger partial charge in [0.05, 0.1) is 11.4 Å². The molecule has 0 aromatic heterocycles. The Morgan fingerprint density at radius 3 is 0.870 bits per heavy atom. The Kier molecular flexibility index (Phi) is 6.01. The van der Waals surface area contributed by atoms with Crippen LogP contribution in [0.5, 0.6) is 0 Å². The highest BCUT2D eigenvalue weighted by atomic mass is 79.9. The second-order valence-electron chi connectivity index (χ2n) is 11.2. The van der Waals surface area contributed by atoms with Crippen LogP contribution in [0.4, 0.5) is 11.4 Å². The molecule has 7 aromatic rings. The summed E-state index contributed by atoms with van der Waals surface area (Å²) in [5, 5.41) is 6.12. The fourth-order valence-electron chi connectivity index (χ4n) is 7.08. The molecular formula is C36H14Br4N2O4. The number of carbonyl (C=O) groups is 4. The number of halogens is 4. The largest absolute Gasteiger partial charge is 0.268 e. The van der Waals surface area contributed by atoms with Gasteiger partial charge >= 0.3 is 0 Å². The lowest BCUT2D eigenvalue weighted by Gasteiger charge is -2.31. The van der Waals surface area contributed by atoms with Crippen LogP contribution in [0.25, 0.3) is 43.1 Å². The van der Waals surface area contributed by atoms with E-state index in [1.165, 1.54) is 9.80 Å². The van der Waals surface area contributed by atoms with Gasteiger partial charge in [0.1, 0.15) is 0 Å². The van der Waals surface area contributed by atoms with Gasteiger partial charge in [-0.15, -0.1) is 0 Å². The minimum Gasteiger partial charge on any atom is -0.268 e. The maximum absolute atomic E-state index is 14.1. The molecule has 0 aliphatic carbocycles. The summed E-state index contributed by atoms with van der Waals surface area (Å²) in [6.07, 6.45) is 0. The van der Waals surface area contributed by atoms with Crippen LogP contribution < -0.4 is 9.80 Å². The number of benzene rings is 7. The van der Waals surface area contributed by atoms with Gasteiger partial charge in [0.2, 0.25) is 0 Å². The van der Waals surface area contributed by atoms with Crippen molar-refractivity contribution in [3.8, 4) is 0 Å². The van der Waals surface area contributed by atoms with E-state index in [0.717, 1.165) is 32.3 Å². The number of rotatable bonds is 2. The van der Waals surface area contributed by atoms with Crippen molar-refractivity contribution >= 4 is 142 Å². The third kappa shape index (κ3) is 3.50. The fourth-order valence-corrected chi connectivity index (χ4v) is 9.79. The van der Waals surface area contributed by atoms with Gasteiger partial charge in [-0.3, -0.25) is 19.2 Å². The average molecular weight is 858 g/mol. The number of hydrogen-bond donors (Lipinski definition) is 0. The van der Waals surface area contributed by atoms with E-state index in [0.29, 0.717) is 62.3 Å². The maximum Gasteiger partial charge on any atom is 0.266 e. The van der Waals surface area contributed by atoms with E-state index in [1.807, 2.05) is 36.4 Å². The molecule has 6 nitrogen and oxygen atoms in total. The topological polar surface area (TPSA) is 74.8 Å². The van der Waals surface area contributed by atoms with Crippen LogP contribution in [0.15, 0.2) is 103 Å². The number of nitrogens with zero attached hydrogens (tertiary/aromatic N) is 2. The van der Waals surface area contributed by atoms with Gasteiger partial charge in [-0.05, 0) is 145 Å². The van der Waals surface area contributed by atoms with Crippen LogP contribution >= 0.6 is 63.7 Å². The lowest BCUT2D eigenvalue weighted by molar-refractivity contribution is 0.0877. The minimum atomic E-state index is -0.417. The third-order valence-corrected chi connectivity index (χ3v) is 11.5. The molecule has 220 valence electrons. The average Bonchev–Trinajstić information content (AvgIpc) is 3.04. The second-order valence-corrected chi connectivity index (χ2v) is 14.6. The Labute approximate surface area is 293 Å². The van der Waals surface area contributed by atoms with Gasteiger partial charge in [-0.1, -0.05) is 36.4 Å². The van der Waals surface area contributed by atoms with Crippen molar-refractivity contribution in [1.29, 1.82) is 0 Å². The highest BCUT2D eigenvalue weighted by Gasteiger charge is 2.39. The normalized spacial score (nSPS) is 14.6.